The van der Waals surface area contributed by atoms with Crippen LogP contribution in [0.4, 0.5) is 17.5 Å². The SMILES string of the molecule is CCNc1ncc([N+](=O)[O-])c(NCC(C)(C)C(N)=O)n1. The van der Waals surface area contributed by atoms with Gasteiger partial charge >= 0.3 is 5.69 Å². The van der Waals surface area contributed by atoms with Crippen molar-refractivity contribution in [2.45, 2.75) is 20.8 Å². The molecule has 9 heteroatoms. The molecule has 0 radical (unpaired) electrons. The Morgan fingerprint density at radius 3 is 2.65 bits per heavy atom. The Morgan fingerprint density at radius 2 is 2.15 bits per heavy atom. The van der Waals surface area contributed by atoms with E-state index >= 15 is 0 Å². The highest BCUT2D eigenvalue weighted by Crippen LogP contribution is 2.24. The van der Waals surface area contributed by atoms with E-state index in [1.165, 1.54) is 0 Å². The fourth-order valence-corrected chi connectivity index (χ4v) is 1.27. The Balaban J connectivity index is 2.98. The number of nitrogens with zero attached hydrogens (tertiary/aromatic N) is 3. The first-order valence-electron chi connectivity index (χ1n) is 6.07. The Morgan fingerprint density at radius 1 is 1.50 bits per heavy atom. The molecule has 0 spiro atoms. The number of anilines is 2. The van der Waals surface area contributed by atoms with Crippen LogP contribution in [0.25, 0.3) is 0 Å². The number of nitrogens with two attached hydrogens (primary N) is 1. The van der Waals surface area contributed by atoms with Crippen molar-refractivity contribution in [2.75, 3.05) is 23.7 Å². The summed E-state index contributed by atoms with van der Waals surface area (Å²) in [7, 11) is 0. The molecular weight excluding hydrogens is 264 g/mol. The van der Waals surface area contributed by atoms with Crippen LogP contribution in [0, 0.1) is 15.5 Å². The molecule has 1 aromatic rings. The largest absolute Gasteiger partial charge is 0.369 e. The van der Waals surface area contributed by atoms with Gasteiger partial charge in [-0.15, -0.1) is 0 Å². The number of nitro groups is 1. The molecule has 1 aromatic heterocycles. The van der Waals surface area contributed by atoms with Gasteiger partial charge in [0.2, 0.25) is 17.7 Å². The van der Waals surface area contributed by atoms with Crippen LogP contribution >= 0.6 is 0 Å². The molecule has 4 N–H and O–H groups in total. The van der Waals surface area contributed by atoms with Crippen LogP contribution in [0.15, 0.2) is 6.20 Å². The zero-order chi connectivity index (χ0) is 15.3. The monoisotopic (exact) mass is 282 g/mol. The van der Waals surface area contributed by atoms with Crippen molar-refractivity contribution >= 4 is 23.4 Å². The number of nitrogens with one attached hydrogen (secondary N) is 2. The lowest BCUT2D eigenvalue weighted by Gasteiger charge is -2.21. The van der Waals surface area contributed by atoms with E-state index in [1.807, 2.05) is 6.92 Å². The van der Waals surface area contributed by atoms with Crippen molar-refractivity contribution in [1.29, 1.82) is 0 Å². The van der Waals surface area contributed by atoms with Gasteiger partial charge in [0.05, 0.1) is 10.3 Å². The molecule has 0 aliphatic rings. The first-order chi connectivity index (χ1) is 9.27. The van der Waals surface area contributed by atoms with E-state index in [1.54, 1.807) is 13.8 Å². The highest BCUT2D eigenvalue weighted by Gasteiger charge is 2.26. The van der Waals surface area contributed by atoms with Crippen LogP contribution in [0.5, 0.6) is 0 Å². The topological polar surface area (TPSA) is 136 Å². The van der Waals surface area contributed by atoms with Crippen molar-refractivity contribution in [1.82, 2.24) is 9.97 Å². The minimum Gasteiger partial charge on any atom is -0.369 e. The lowest BCUT2D eigenvalue weighted by molar-refractivity contribution is -0.384. The highest BCUT2D eigenvalue weighted by molar-refractivity contribution is 5.80. The molecule has 1 amide bonds. The van der Waals surface area contributed by atoms with Gasteiger partial charge in [-0.25, -0.2) is 4.98 Å². The van der Waals surface area contributed by atoms with Crippen LogP contribution in [0.2, 0.25) is 0 Å². The molecule has 0 bridgehead atoms. The molecule has 0 saturated carbocycles. The molecule has 0 saturated heterocycles. The summed E-state index contributed by atoms with van der Waals surface area (Å²) in [6.07, 6.45) is 1.12. The standard InChI is InChI=1S/C11H18N6O3/c1-4-13-10-14-5-7(17(19)20)8(16-10)15-6-11(2,3)9(12)18/h5H,4,6H2,1-3H3,(H2,12,18)(H2,13,14,15,16). The molecule has 0 aliphatic carbocycles. The van der Waals surface area contributed by atoms with E-state index in [0.717, 1.165) is 6.20 Å². The fraction of sp³-hybridized carbons (Fsp3) is 0.545. The van der Waals surface area contributed by atoms with Gasteiger partial charge in [0.15, 0.2) is 0 Å². The number of hydrogen-bond acceptors (Lipinski definition) is 7. The molecule has 1 heterocycles. The molecule has 9 nitrogen and oxygen atoms in total. The van der Waals surface area contributed by atoms with Gasteiger partial charge in [0.1, 0.15) is 6.20 Å². The summed E-state index contributed by atoms with van der Waals surface area (Å²) in [6.45, 7) is 5.85. The third-order valence-electron chi connectivity index (χ3n) is 2.67. The van der Waals surface area contributed by atoms with E-state index in [0.29, 0.717) is 6.54 Å². The lowest BCUT2D eigenvalue weighted by Crippen LogP contribution is -2.37. The maximum atomic E-state index is 11.2. The van der Waals surface area contributed by atoms with E-state index < -0.39 is 16.2 Å². The van der Waals surface area contributed by atoms with E-state index in [-0.39, 0.29) is 24.0 Å². The number of aromatic nitrogens is 2. The maximum absolute atomic E-state index is 11.2. The molecule has 0 atom stereocenters. The summed E-state index contributed by atoms with van der Waals surface area (Å²) in [5.74, 6) is -0.179. The second-order valence-electron chi connectivity index (χ2n) is 4.82. The number of hydrogen-bond donors (Lipinski definition) is 3. The van der Waals surface area contributed by atoms with Gasteiger partial charge in [-0.05, 0) is 20.8 Å². The Kier molecular flexibility index (Phi) is 4.78. The Hall–Kier alpha value is -2.45. The molecule has 0 aromatic carbocycles. The summed E-state index contributed by atoms with van der Waals surface area (Å²) in [5.41, 5.74) is 4.14. The normalized spacial score (nSPS) is 10.9. The first kappa shape index (κ1) is 15.6. The minimum atomic E-state index is -0.850. The fourth-order valence-electron chi connectivity index (χ4n) is 1.27. The van der Waals surface area contributed by atoms with Crippen molar-refractivity contribution in [3.8, 4) is 0 Å². The summed E-state index contributed by atoms with van der Waals surface area (Å²) in [4.78, 5) is 29.4. The average molecular weight is 282 g/mol. The van der Waals surface area contributed by atoms with E-state index in [9.17, 15) is 14.9 Å². The second kappa shape index (κ2) is 6.13. The third-order valence-corrected chi connectivity index (χ3v) is 2.67. The average Bonchev–Trinajstić information content (AvgIpc) is 2.36. The molecule has 0 fully saturated rings. The smallest absolute Gasteiger partial charge is 0.329 e. The summed E-state index contributed by atoms with van der Waals surface area (Å²) in [5, 5.41) is 16.6. The Labute approximate surface area is 116 Å². The van der Waals surface area contributed by atoms with Gasteiger partial charge in [-0.2, -0.15) is 4.98 Å². The number of amides is 1. The van der Waals surface area contributed by atoms with Gasteiger partial charge < -0.3 is 16.4 Å². The van der Waals surface area contributed by atoms with Crippen LogP contribution < -0.4 is 16.4 Å². The summed E-state index contributed by atoms with van der Waals surface area (Å²) >= 11 is 0. The molecular formula is C11H18N6O3. The van der Waals surface area contributed by atoms with Gasteiger partial charge in [0, 0.05) is 13.1 Å². The quantitative estimate of drug-likeness (QED) is 0.495. The first-order valence-corrected chi connectivity index (χ1v) is 6.07. The number of rotatable bonds is 7. The Bertz CT molecular complexity index is 517. The molecule has 0 unspecified atom stereocenters. The highest BCUT2D eigenvalue weighted by atomic mass is 16.6. The van der Waals surface area contributed by atoms with E-state index in [2.05, 4.69) is 20.6 Å². The number of carbonyl (C=O) groups is 1. The van der Waals surface area contributed by atoms with Crippen molar-refractivity contribution in [3.63, 3.8) is 0 Å². The van der Waals surface area contributed by atoms with Gasteiger partial charge in [-0.3, -0.25) is 14.9 Å². The second-order valence-corrected chi connectivity index (χ2v) is 4.82. The predicted octanol–water partition coefficient (Wildman–Crippen LogP) is 0.740. The lowest BCUT2D eigenvalue weighted by atomic mass is 9.93. The van der Waals surface area contributed by atoms with Crippen LogP contribution in [-0.2, 0) is 4.79 Å². The molecule has 110 valence electrons. The molecule has 1 rings (SSSR count). The van der Waals surface area contributed by atoms with Crippen LogP contribution in [0.1, 0.15) is 20.8 Å². The third kappa shape index (κ3) is 3.77. The van der Waals surface area contributed by atoms with Crippen molar-refractivity contribution in [2.24, 2.45) is 11.1 Å². The zero-order valence-corrected chi connectivity index (χ0v) is 11.6. The van der Waals surface area contributed by atoms with Crippen LogP contribution in [-0.4, -0.2) is 33.9 Å². The summed E-state index contributed by atoms with van der Waals surface area (Å²) in [6, 6.07) is 0. The summed E-state index contributed by atoms with van der Waals surface area (Å²) < 4.78 is 0. The van der Waals surface area contributed by atoms with Gasteiger partial charge in [0.25, 0.3) is 0 Å². The zero-order valence-electron chi connectivity index (χ0n) is 11.6. The van der Waals surface area contributed by atoms with E-state index in [4.69, 9.17) is 5.73 Å². The molecule has 0 aliphatic heterocycles. The number of carbonyl (C=O) groups excluding carboxylic acids is 1. The van der Waals surface area contributed by atoms with Crippen LogP contribution in [0.3, 0.4) is 0 Å². The predicted molar refractivity (Wildman–Crippen MR) is 74.3 cm³/mol. The number of primary amides is 1. The molecule has 20 heavy (non-hydrogen) atoms. The maximum Gasteiger partial charge on any atom is 0.329 e. The minimum absolute atomic E-state index is 0.0512. The van der Waals surface area contributed by atoms with Crippen molar-refractivity contribution in [3.05, 3.63) is 16.3 Å². The van der Waals surface area contributed by atoms with Crippen molar-refractivity contribution < 1.29 is 9.72 Å². The van der Waals surface area contributed by atoms with Gasteiger partial charge in [-0.1, -0.05) is 0 Å².